The van der Waals surface area contributed by atoms with Crippen molar-refractivity contribution in [1.82, 2.24) is 4.90 Å². The summed E-state index contributed by atoms with van der Waals surface area (Å²) in [4.78, 5) is 49.1. The molecule has 0 aliphatic carbocycles. The lowest BCUT2D eigenvalue weighted by Crippen LogP contribution is -2.62. The maximum Gasteiger partial charge on any atom is 0.430 e. The first-order chi connectivity index (χ1) is 22.0. The number of phenols is 2. The number of hydrogen-bond acceptors (Lipinski definition) is 10. The Bertz CT molecular complexity index is 1560. The van der Waals surface area contributed by atoms with Crippen molar-refractivity contribution in [2.24, 2.45) is 5.73 Å². The van der Waals surface area contributed by atoms with Gasteiger partial charge in [0, 0.05) is 11.6 Å². The van der Waals surface area contributed by atoms with E-state index in [-0.39, 0.29) is 29.6 Å². The van der Waals surface area contributed by atoms with Crippen LogP contribution in [0.3, 0.4) is 0 Å². The van der Waals surface area contributed by atoms with Gasteiger partial charge in [-0.05, 0) is 55.2 Å². The average molecular weight is 665 g/mol. The molecule has 1 aliphatic heterocycles. The van der Waals surface area contributed by atoms with Crippen molar-refractivity contribution < 1.29 is 61.3 Å². The minimum atomic E-state index is -5.19. The highest BCUT2D eigenvalue weighted by atomic mass is 19.4. The average Bonchev–Trinajstić information content (AvgIpc) is 3.46. The third-order valence-electron chi connectivity index (χ3n) is 7.35. The van der Waals surface area contributed by atoms with Crippen molar-refractivity contribution in [2.75, 3.05) is 32.6 Å². The number of piperidine rings is 1. The first kappa shape index (κ1) is 36.4. The molecule has 1 aromatic heterocycles. The number of imide groups is 1. The van der Waals surface area contributed by atoms with Crippen LogP contribution in [0.25, 0.3) is 0 Å². The van der Waals surface area contributed by atoms with Crippen LogP contribution in [0, 0.1) is 0 Å². The largest absolute Gasteiger partial charge is 0.542 e. The molecule has 3 aromatic rings. The molecule has 0 radical (unpaired) electrons. The van der Waals surface area contributed by atoms with Gasteiger partial charge in [0.15, 0.2) is 0 Å². The summed E-state index contributed by atoms with van der Waals surface area (Å²) in [5, 5.41) is 30.9. The highest BCUT2D eigenvalue weighted by molar-refractivity contribution is 6.03. The van der Waals surface area contributed by atoms with Gasteiger partial charge in [-0.15, -0.1) is 0 Å². The normalized spacial score (nSPS) is 18.2. The van der Waals surface area contributed by atoms with Crippen LogP contribution in [0.2, 0.25) is 0 Å². The van der Waals surface area contributed by atoms with E-state index in [1.54, 1.807) is 30.3 Å². The van der Waals surface area contributed by atoms with E-state index < -0.39 is 42.1 Å². The Morgan fingerprint density at radius 1 is 1.09 bits per heavy atom. The van der Waals surface area contributed by atoms with E-state index in [0.717, 1.165) is 24.1 Å². The SMILES string of the molecule is COC(=O)c1ccc(NC(=O)N(C(=O)[C@@H](N)Cc2ccc(O)cc2)[C@H]2CCC[N+](C)(Cc3cccc(O)c3)C2)o1.O=C([O-])C(F)(F)F. The Morgan fingerprint density at radius 2 is 1.74 bits per heavy atom. The van der Waals surface area contributed by atoms with Gasteiger partial charge >= 0.3 is 18.2 Å². The quantitative estimate of drug-likeness (QED) is 0.205. The van der Waals surface area contributed by atoms with Crippen LogP contribution in [0.15, 0.2) is 65.1 Å². The number of nitrogens with one attached hydrogen (secondary N) is 1. The zero-order valence-electron chi connectivity index (χ0n) is 25.5. The molecule has 254 valence electrons. The number of carboxylic acids is 1. The number of alkyl halides is 3. The van der Waals surface area contributed by atoms with Gasteiger partial charge in [-0.3, -0.25) is 15.0 Å². The summed E-state index contributed by atoms with van der Waals surface area (Å²) in [7, 11) is 3.27. The summed E-state index contributed by atoms with van der Waals surface area (Å²) >= 11 is 0. The number of furan rings is 1. The Kier molecular flexibility index (Phi) is 12.0. The van der Waals surface area contributed by atoms with Crippen LogP contribution in [0.1, 0.15) is 34.5 Å². The number of urea groups is 1. The first-order valence-corrected chi connectivity index (χ1v) is 14.3. The van der Waals surface area contributed by atoms with E-state index in [0.29, 0.717) is 24.0 Å². The molecule has 16 heteroatoms. The number of nitrogens with two attached hydrogens (primary N) is 1. The smallest absolute Gasteiger partial charge is 0.430 e. The third-order valence-corrected chi connectivity index (χ3v) is 7.35. The van der Waals surface area contributed by atoms with Crippen LogP contribution in [-0.4, -0.2) is 89.0 Å². The van der Waals surface area contributed by atoms with Gasteiger partial charge in [0.1, 0.15) is 30.6 Å². The molecule has 2 heterocycles. The first-order valence-electron chi connectivity index (χ1n) is 14.3. The van der Waals surface area contributed by atoms with Gasteiger partial charge in [0.2, 0.25) is 17.6 Å². The Labute approximate surface area is 267 Å². The third kappa shape index (κ3) is 10.5. The number of amides is 3. The van der Waals surface area contributed by atoms with E-state index >= 15 is 0 Å². The van der Waals surface area contributed by atoms with E-state index in [2.05, 4.69) is 17.1 Å². The number of carbonyl (C=O) groups excluding carboxylic acids is 4. The van der Waals surface area contributed by atoms with Crippen molar-refractivity contribution in [1.29, 1.82) is 0 Å². The fourth-order valence-electron chi connectivity index (χ4n) is 5.23. The minimum Gasteiger partial charge on any atom is -0.542 e. The van der Waals surface area contributed by atoms with Crippen molar-refractivity contribution in [3.63, 3.8) is 0 Å². The van der Waals surface area contributed by atoms with Crippen LogP contribution < -0.4 is 16.2 Å². The Morgan fingerprint density at radius 3 is 2.34 bits per heavy atom. The molecule has 4 rings (SSSR count). The van der Waals surface area contributed by atoms with Gasteiger partial charge < -0.3 is 39.5 Å². The number of aromatic hydroxyl groups is 2. The van der Waals surface area contributed by atoms with E-state index in [1.165, 1.54) is 36.3 Å². The number of anilines is 1. The number of carboxylic acid groups (broad SMARTS) is 1. The summed E-state index contributed by atoms with van der Waals surface area (Å²) in [5.74, 6) is -4.08. The number of halogens is 3. The second-order valence-corrected chi connectivity index (χ2v) is 11.2. The molecule has 1 saturated heterocycles. The summed E-state index contributed by atoms with van der Waals surface area (Å²) in [6.07, 6.45) is -3.68. The second kappa shape index (κ2) is 15.5. The number of aliphatic carboxylic acids is 1. The van der Waals surface area contributed by atoms with Crippen molar-refractivity contribution in [2.45, 2.75) is 44.1 Å². The number of benzene rings is 2. The van der Waals surface area contributed by atoms with Crippen LogP contribution in [-0.2, 0) is 27.3 Å². The number of esters is 1. The summed E-state index contributed by atoms with van der Waals surface area (Å²) in [6, 6.07) is 14.0. The molecule has 3 atom stereocenters. The van der Waals surface area contributed by atoms with Crippen molar-refractivity contribution >= 4 is 29.8 Å². The number of carbonyl (C=O) groups is 4. The zero-order valence-corrected chi connectivity index (χ0v) is 25.5. The predicted octanol–water partition coefficient (Wildman–Crippen LogP) is 2.52. The van der Waals surface area contributed by atoms with Gasteiger partial charge in [0.05, 0.1) is 32.8 Å². The monoisotopic (exact) mass is 664 g/mol. The highest BCUT2D eigenvalue weighted by Crippen LogP contribution is 2.27. The number of nitrogens with zero attached hydrogens (tertiary/aromatic N) is 2. The van der Waals surface area contributed by atoms with Crippen LogP contribution in [0.4, 0.5) is 23.8 Å². The Hall–Kier alpha value is -5.09. The molecule has 3 amide bonds. The molecule has 1 aliphatic rings. The zero-order chi connectivity index (χ0) is 34.9. The van der Waals surface area contributed by atoms with Crippen LogP contribution >= 0.6 is 0 Å². The van der Waals surface area contributed by atoms with E-state index in [4.69, 9.17) is 20.1 Å². The summed E-state index contributed by atoms with van der Waals surface area (Å²) in [6.45, 7) is 1.91. The standard InChI is InChI=1S/C29H34N4O7.C2HF3O2/c1-33(17-20-5-3-7-23(35)15-20)14-4-6-21(18-33)32(27(36)24(30)16-19-8-10-22(34)11-9-19)29(38)31-26-13-12-25(40-26)28(37)39-2;3-2(4,5)1(6)7/h3,5,7-13,15,21,24H,4,6,14,16-18,30H2,1-2H3,(H2-,31,34,35,37,38);(H,6,7)/t21-,24-,33?;/m0./s1. The maximum absolute atomic E-state index is 13.8. The molecule has 47 heavy (non-hydrogen) atoms. The lowest BCUT2D eigenvalue weighted by Gasteiger charge is -2.44. The molecule has 0 saturated carbocycles. The van der Waals surface area contributed by atoms with Gasteiger partial charge in [-0.25, -0.2) is 9.59 Å². The molecule has 13 nitrogen and oxygen atoms in total. The van der Waals surface area contributed by atoms with Gasteiger partial charge in [0.25, 0.3) is 0 Å². The minimum absolute atomic E-state index is 0.0110. The molecule has 0 bridgehead atoms. The fourth-order valence-corrected chi connectivity index (χ4v) is 5.23. The number of methoxy groups -OCH3 is 1. The van der Waals surface area contributed by atoms with Crippen molar-refractivity contribution in [3.05, 3.63) is 77.6 Å². The molecule has 2 aromatic carbocycles. The molecule has 1 fully saturated rings. The van der Waals surface area contributed by atoms with Gasteiger partial charge in [-0.2, -0.15) is 13.2 Å². The summed E-state index contributed by atoms with van der Waals surface area (Å²) in [5.41, 5.74) is 8.03. The molecular weight excluding hydrogens is 629 g/mol. The number of phenolic OH excluding ortho intramolecular Hbond substituents is 2. The maximum atomic E-state index is 13.8. The van der Waals surface area contributed by atoms with Crippen molar-refractivity contribution in [3.8, 4) is 11.5 Å². The number of likely N-dealkylation sites (tertiary alicyclic amines) is 1. The van der Waals surface area contributed by atoms with E-state index in [9.17, 15) is 37.8 Å². The topological polar surface area (TPSA) is 195 Å². The molecule has 5 N–H and O–H groups in total. The van der Waals surface area contributed by atoms with E-state index in [1.807, 2.05) is 6.07 Å². The number of hydrogen-bond donors (Lipinski definition) is 4. The lowest BCUT2D eigenvalue weighted by atomic mass is 9.98. The fraction of sp³-hybridized carbons (Fsp3) is 0.355. The summed E-state index contributed by atoms with van der Waals surface area (Å²) < 4.78 is 42.1. The predicted molar refractivity (Wildman–Crippen MR) is 158 cm³/mol. The number of likely N-dealkylation sites (N-methyl/N-ethyl adjacent to an activating group) is 1. The number of ether oxygens (including phenoxy) is 1. The second-order valence-electron chi connectivity index (χ2n) is 11.2. The molecular formula is C31H35F3N4O9. The van der Waals surface area contributed by atoms with Gasteiger partial charge in [-0.1, -0.05) is 24.3 Å². The molecule has 1 unspecified atom stereocenters. The lowest BCUT2D eigenvalue weighted by molar-refractivity contribution is -0.928. The van der Waals surface area contributed by atoms with Crippen LogP contribution in [0.5, 0.6) is 11.5 Å². The Balaban J connectivity index is 0.000000771. The number of rotatable bonds is 8. The molecule has 0 spiro atoms. The number of quaternary nitrogens is 1. The highest BCUT2D eigenvalue weighted by Gasteiger charge is 2.41.